The zero-order chi connectivity index (χ0) is 15.3. The van der Waals surface area contributed by atoms with Crippen molar-refractivity contribution in [1.82, 2.24) is 0 Å². The van der Waals surface area contributed by atoms with Crippen LogP contribution in [0.2, 0.25) is 0 Å². The molecule has 0 aliphatic heterocycles. The third kappa shape index (κ3) is 4.13. The molecule has 0 aliphatic carbocycles. The van der Waals surface area contributed by atoms with Crippen LogP contribution in [0.5, 0.6) is 0 Å². The Balaban J connectivity index is 2.18. The maximum Gasteiger partial charge on any atom is 0.416 e. The Morgan fingerprint density at radius 1 is 0.952 bits per heavy atom. The average Bonchev–Trinajstić information content (AvgIpc) is 2.48. The maximum absolute atomic E-state index is 12.5. The molecule has 2 rings (SSSR count). The summed E-state index contributed by atoms with van der Waals surface area (Å²) in [5, 5.41) is 0. The van der Waals surface area contributed by atoms with E-state index in [1.807, 2.05) is 37.3 Å². The summed E-state index contributed by atoms with van der Waals surface area (Å²) in [5.41, 5.74) is 1.07. The summed E-state index contributed by atoms with van der Waals surface area (Å²) < 4.78 is 37.4. The van der Waals surface area contributed by atoms with E-state index in [2.05, 4.69) is 11.8 Å². The number of benzene rings is 2. The van der Waals surface area contributed by atoms with Crippen LogP contribution in [0.25, 0.3) is 0 Å². The minimum absolute atomic E-state index is 0.0912. The minimum atomic E-state index is -4.30. The van der Waals surface area contributed by atoms with E-state index >= 15 is 0 Å². The Kier molecular flexibility index (Phi) is 4.70. The van der Waals surface area contributed by atoms with Gasteiger partial charge in [-0.15, -0.1) is 0 Å². The molecule has 2 aromatic carbocycles. The largest absolute Gasteiger partial charge is 0.416 e. The molecule has 21 heavy (non-hydrogen) atoms. The van der Waals surface area contributed by atoms with E-state index in [0.717, 1.165) is 24.1 Å². The first-order valence-corrected chi connectivity index (χ1v) is 6.74. The van der Waals surface area contributed by atoms with Crippen LogP contribution < -0.4 is 0 Å². The third-order valence-electron chi connectivity index (χ3n) is 3.21. The van der Waals surface area contributed by atoms with Crippen molar-refractivity contribution in [2.45, 2.75) is 25.4 Å². The van der Waals surface area contributed by atoms with Crippen LogP contribution in [0.3, 0.4) is 0 Å². The number of rotatable bonds is 2. The van der Waals surface area contributed by atoms with E-state index in [1.54, 1.807) is 0 Å². The lowest BCUT2D eigenvalue weighted by Gasteiger charge is -2.07. The van der Waals surface area contributed by atoms with Crippen molar-refractivity contribution < 1.29 is 13.2 Å². The fourth-order valence-corrected chi connectivity index (χ4v) is 2.02. The zero-order valence-corrected chi connectivity index (χ0v) is 11.6. The predicted molar refractivity (Wildman–Crippen MR) is 77.8 cm³/mol. The highest BCUT2D eigenvalue weighted by Gasteiger charge is 2.29. The number of hydrogen-bond acceptors (Lipinski definition) is 0. The summed E-state index contributed by atoms with van der Waals surface area (Å²) >= 11 is 0. The second-order valence-electron chi connectivity index (χ2n) is 4.72. The SMILES string of the molecule is CC[C@@H](C#Cc1ccc(C(F)(F)F)cc1)c1ccccc1. The molecule has 0 heterocycles. The summed E-state index contributed by atoms with van der Waals surface area (Å²) in [6.45, 7) is 2.04. The molecule has 0 amide bonds. The second-order valence-corrected chi connectivity index (χ2v) is 4.72. The van der Waals surface area contributed by atoms with Crippen LogP contribution in [-0.4, -0.2) is 0 Å². The molecule has 108 valence electrons. The van der Waals surface area contributed by atoms with Gasteiger partial charge in [-0.25, -0.2) is 0 Å². The normalized spacial score (nSPS) is 12.4. The van der Waals surface area contributed by atoms with Gasteiger partial charge in [-0.05, 0) is 36.2 Å². The average molecular weight is 288 g/mol. The molecule has 0 aliphatic rings. The Labute approximate surface area is 122 Å². The molecule has 0 saturated carbocycles. The molecule has 0 N–H and O–H groups in total. The molecular weight excluding hydrogens is 273 g/mol. The molecule has 3 heteroatoms. The zero-order valence-electron chi connectivity index (χ0n) is 11.6. The van der Waals surface area contributed by atoms with Crippen LogP contribution >= 0.6 is 0 Å². The molecule has 0 fully saturated rings. The van der Waals surface area contributed by atoms with Crippen molar-refractivity contribution >= 4 is 0 Å². The second kappa shape index (κ2) is 6.49. The fraction of sp³-hybridized carbons (Fsp3) is 0.222. The molecule has 0 radical (unpaired) electrons. The molecule has 0 bridgehead atoms. The maximum atomic E-state index is 12.5. The Morgan fingerprint density at radius 3 is 2.10 bits per heavy atom. The van der Waals surface area contributed by atoms with Crippen LogP contribution in [0.1, 0.15) is 36.0 Å². The van der Waals surface area contributed by atoms with Gasteiger partial charge in [0.2, 0.25) is 0 Å². The van der Waals surface area contributed by atoms with Gasteiger partial charge in [0, 0.05) is 11.5 Å². The lowest BCUT2D eigenvalue weighted by molar-refractivity contribution is -0.137. The van der Waals surface area contributed by atoms with Gasteiger partial charge in [-0.1, -0.05) is 49.1 Å². The highest BCUT2D eigenvalue weighted by molar-refractivity contribution is 5.39. The van der Waals surface area contributed by atoms with Gasteiger partial charge in [0.15, 0.2) is 0 Å². The standard InChI is InChI=1S/C18H15F3/c1-2-15(16-6-4-3-5-7-16)11-8-14-9-12-17(13-10-14)18(19,20)21/h3-7,9-10,12-13,15H,2H2,1H3/t15-/m0/s1. The molecule has 0 saturated heterocycles. The third-order valence-corrected chi connectivity index (χ3v) is 3.21. The van der Waals surface area contributed by atoms with Crippen molar-refractivity contribution in [3.05, 3.63) is 71.3 Å². The van der Waals surface area contributed by atoms with Crippen LogP contribution in [0.4, 0.5) is 13.2 Å². The first-order valence-electron chi connectivity index (χ1n) is 6.74. The predicted octanol–water partition coefficient (Wildman–Crippen LogP) is 5.25. The topological polar surface area (TPSA) is 0 Å². The van der Waals surface area contributed by atoms with E-state index in [0.29, 0.717) is 5.56 Å². The van der Waals surface area contributed by atoms with E-state index < -0.39 is 11.7 Å². The molecule has 0 unspecified atom stereocenters. The van der Waals surface area contributed by atoms with Crippen molar-refractivity contribution in [3.8, 4) is 11.8 Å². The van der Waals surface area contributed by atoms with Gasteiger partial charge in [0.1, 0.15) is 0 Å². The molecule has 0 aromatic heterocycles. The molecule has 1 atom stereocenters. The summed E-state index contributed by atoms with van der Waals surface area (Å²) in [7, 11) is 0. The number of alkyl halides is 3. The van der Waals surface area contributed by atoms with E-state index in [1.165, 1.54) is 12.1 Å². The van der Waals surface area contributed by atoms with E-state index in [-0.39, 0.29) is 5.92 Å². The quantitative estimate of drug-likeness (QED) is 0.662. The van der Waals surface area contributed by atoms with Gasteiger partial charge in [-0.3, -0.25) is 0 Å². The van der Waals surface area contributed by atoms with Crippen molar-refractivity contribution in [2.75, 3.05) is 0 Å². The van der Waals surface area contributed by atoms with Crippen LogP contribution in [0, 0.1) is 11.8 Å². The molecule has 2 aromatic rings. The van der Waals surface area contributed by atoms with Crippen molar-refractivity contribution in [2.24, 2.45) is 0 Å². The van der Waals surface area contributed by atoms with E-state index in [4.69, 9.17) is 0 Å². The summed E-state index contributed by atoms with van der Waals surface area (Å²) in [5.74, 6) is 6.18. The highest BCUT2D eigenvalue weighted by atomic mass is 19.4. The lowest BCUT2D eigenvalue weighted by Crippen LogP contribution is -2.04. The van der Waals surface area contributed by atoms with Crippen molar-refractivity contribution in [1.29, 1.82) is 0 Å². The highest BCUT2D eigenvalue weighted by Crippen LogP contribution is 2.29. The first-order chi connectivity index (χ1) is 10.0. The smallest absolute Gasteiger partial charge is 0.166 e. The van der Waals surface area contributed by atoms with Gasteiger partial charge in [-0.2, -0.15) is 13.2 Å². The Hall–Kier alpha value is -2.21. The lowest BCUT2D eigenvalue weighted by atomic mass is 9.97. The van der Waals surface area contributed by atoms with Gasteiger partial charge < -0.3 is 0 Å². The molecular formula is C18H15F3. The molecule has 0 spiro atoms. The minimum Gasteiger partial charge on any atom is -0.166 e. The summed E-state index contributed by atoms with van der Waals surface area (Å²) in [4.78, 5) is 0. The summed E-state index contributed by atoms with van der Waals surface area (Å²) in [6.07, 6.45) is -3.44. The van der Waals surface area contributed by atoms with Crippen molar-refractivity contribution in [3.63, 3.8) is 0 Å². The van der Waals surface area contributed by atoms with Gasteiger partial charge in [0.25, 0.3) is 0 Å². The summed E-state index contributed by atoms with van der Waals surface area (Å²) in [6, 6.07) is 14.8. The number of halogens is 3. The van der Waals surface area contributed by atoms with Gasteiger partial charge >= 0.3 is 6.18 Å². The Bertz CT molecular complexity index is 628. The van der Waals surface area contributed by atoms with E-state index in [9.17, 15) is 13.2 Å². The van der Waals surface area contributed by atoms with Crippen LogP contribution in [-0.2, 0) is 6.18 Å². The molecule has 0 nitrogen and oxygen atoms in total. The number of hydrogen-bond donors (Lipinski definition) is 0. The van der Waals surface area contributed by atoms with Crippen LogP contribution in [0.15, 0.2) is 54.6 Å². The fourth-order valence-electron chi connectivity index (χ4n) is 2.02. The van der Waals surface area contributed by atoms with Gasteiger partial charge in [0.05, 0.1) is 5.56 Å². The Morgan fingerprint density at radius 2 is 1.57 bits per heavy atom. The first kappa shape index (κ1) is 15.2. The monoisotopic (exact) mass is 288 g/mol.